The summed E-state index contributed by atoms with van der Waals surface area (Å²) >= 11 is 0. The molecule has 29 heavy (non-hydrogen) atoms. The first-order valence-corrected chi connectivity index (χ1v) is 9.40. The Morgan fingerprint density at radius 3 is 2.38 bits per heavy atom. The van der Waals surface area contributed by atoms with Gasteiger partial charge in [-0.05, 0) is 56.7 Å². The van der Waals surface area contributed by atoms with E-state index < -0.39 is 18.5 Å². The molecule has 0 aromatic heterocycles. The van der Waals surface area contributed by atoms with E-state index in [-0.39, 0.29) is 5.91 Å². The highest BCUT2D eigenvalue weighted by Crippen LogP contribution is 2.19. The number of carbonyl (C=O) groups excluding carboxylic acids is 3. The molecular weight excluding hydrogens is 372 g/mol. The van der Waals surface area contributed by atoms with Crippen LogP contribution in [0.3, 0.4) is 0 Å². The quantitative estimate of drug-likeness (QED) is 0.690. The highest BCUT2D eigenvalue weighted by Gasteiger charge is 2.15. The molecule has 1 N–H and O–H groups in total. The molecule has 154 valence electrons. The fourth-order valence-corrected chi connectivity index (χ4v) is 2.78. The highest BCUT2D eigenvalue weighted by atomic mass is 16.5. The zero-order chi connectivity index (χ0) is 21.4. The lowest BCUT2D eigenvalue weighted by molar-refractivity contribution is -0.119. The van der Waals surface area contributed by atoms with Crippen molar-refractivity contribution in [2.45, 2.75) is 20.8 Å². The summed E-state index contributed by atoms with van der Waals surface area (Å²) in [4.78, 5) is 38.4. The van der Waals surface area contributed by atoms with Gasteiger partial charge in [0.1, 0.15) is 5.75 Å². The largest absolute Gasteiger partial charge is 0.496 e. The van der Waals surface area contributed by atoms with Gasteiger partial charge in [-0.2, -0.15) is 0 Å². The number of esters is 1. The first-order chi connectivity index (χ1) is 13.9. The van der Waals surface area contributed by atoms with Gasteiger partial charge < -0.3 is 19.7 Å². The summed E-state index contributed by atoms with van der Waals surface area (Å²) in [6.07, 6.45) is 0. The number of benzene rings is 2. The van der Waals surface area contributed by atoms with Gasteiger partial charge in [0.2, 0.25) is 0 Å². The number of ether oxygens (including phenoxy) is 2. The monoisotopic (exact) mass is 398 g/mol. The molecule has 2 amide bonds. The maximum Gasteiger partial charge on any atom is 0.338 e. The van der Waals surface area contributed by atoms with Crippen LogP contribution in [0.5, 0.6) is 5.75 Å². The average Bonchev–Trinajstić information content (AvgIpc) is 2.73. The summed E-state index contributed by atoms with van der Waals surface area (Å²) in [5, 5.41) is 2.64. The number of methoxy groups -OCH3 is 1. The fourth-order valence-electron chi connectivity index (χ4n) is 2.78. The van der Waals surface area contributed by atoms with Crippen molar-refractivity contribution in [3.63, 3.8) is 0 Å². The van der Waals surface area contributed by atoms with E-state index in [1.165, 1.54) is 7.11 Å². The number of hydrogen-bond acceptors (Lipinski definition) is 5. The van der Waals surface area contributed by atoms with E-state index in [0.29, 0.717) is 35.7 Å². The van der Waals surface area contributed by atoms with Crippen molar-refractivity contribution in [3.05, 3.63) is 59.2 Å². The van der Waals surface area contributed by atoms with E-state index in [9.17, 15) is 14.4 Å². The minimum Gasteiger partial charge on any atom is -0.496 e. The number of nitrogens with one attached hydrogen (secondary N) is 1. The van der Waals surface area contributed by atoms with Gasteiger partial charge in [-0.25, -0.2) is 4.79 Å². The first-order valence-electron chi connectivity index (χ1n) is 9.40. The summed E-state index contributed by atoms with van der Waals surface area (Å²) in [6.45, 7) is 6.44. The molecule has 0 spiro atoms. The number of amides is 2. The van der Waals surface area contributed by atoms with Crippen molar-refractivity contribution < 1.29 is 23.9 Å². The Morgan fingerprint density at radius 1 is 1.00 bits per heavy atom. The van der Waals surface area contributed by atoms with Crippen molar-refractivity contribution in [1.29, 1.82) is 0 Å². The molecule has 2 rings (SSSR count). The minimum absolute atomic E-state index is 0.106. The number of nitrogens with zero attached hydrogens (tertiary/aromatic N) is 1. The van der Waals surface area contributed by atoms with Crippen LogP contribution in [0.1, 0.15) is 40.1 Å². The van der Waals surface area contributed by atoms with Gasteiger partial charge in [0.15, 0.2) is 6.61 Å². The molecule has 0 saturated carbocycles. The van der Waals surface area contributed by atoms with Crippen LogP contribution in [-0.4, -0.2) is 49.5 Å². The molecule has 0 saturated heterocycles. The Hall–Kier alpha value is -3.35. The van der Waals surface area contributed by atoms with Gasteiger partial charge in [-0.3, -0.25) is 9.59 Å². The summed E-state index contributed by atoms with van der Waals surface area (Å²) in [6, 6.07) is 11.6. The van der Waals surface area contributed by atoms with E-state index in [1.807, 2.05) is 20.8 Å². The Bertz CT molecular complexity index is 891. The van der Waals surface area contributed by atoms with Crippen LogP contribution in [0.4, 0.5) is 5.69 Å². The van der Waals surface area contributed by atoms with Gasteiger partial charge in [-0.15, -0.1) is 0 Å². The van der Waals surface area contributed by atoms with E-state index >= 15 is 0 Å². The predicted molar refractivity (Wildman–Crippen MR) is 110 cm³/mol. The molecule has 0 aliphatic rings. The summed E-state index contributed by atoms with van der Waals surface area (Å²) in [7, 11) is 1.52. The molecule has 0 fully saturated rings. The Morgan fingerprint density at radius 2 is 1.72 bits per heavy atom. The normalized spacial score (nSPS) is 10.2. The Balaban J connectivity index is 1.96. The summed E-state index contributed by atoms with van der Waals surface area (Å²) in [5.41, 5.74) is 2.13. The summed E-state index contributed by atoms with van der Waals surface area (Å²) < 4.78 is 10.3. The average molecular weight is 398 g/mol. The second kappa shape index (κ2) is 10.3. The van der Waals surface area contributed by atoms with Crippen molar-refractivity contribution in [1.82, 2.24) is 4.90 Å². The zero-order valence-corrected chi connectivity index (χ0v) is 17.2. The molecule has 0 radical (unpaired) electrons. The van der Waals surface area contributed by atoms with E-state index in [0.717, 1.165) is 5.56 Å². The van der Waals surface area contributed by atoms with Crippen LogP contribution in [0.15, 0.2) is 42.5 Å². The van der Waals surface area contributed by atoms with E-state index in [1.54, 1.807) is 47.4 Å². The van der Waals surface area contributed by atoms with Crippen LogP contribution >= 0.6 is 0 Å². The second-order valence-corrected chi connectivity index (χ2v) is 6.37. The van der Waals surface area contributed by atoms with Gasteiger partial charge in [0, 0.05) is 24.3 Å². The third-order valence-corrected chi connectivity index (χ3v) is 4.42. The van der Waals surface area contributed by atoms with Crippen molar-refractivity contribution in [2.75, 3.05) is 32.1 Å². The molecular formula is C22H26N2O5. The lowest BCUT2D eigenvalue weighted by Gasteiger charge is -2.19. The first kappa shape index (κ1) is 21.9. The number of carbonyl (C=O) groups is 3. The molecule has 0 atom stereocenters. The molecule has 0 aliphatic carbocycles. The number of aryl methyl sites for hydroxylation is 1. The molecule has 0 bridgehead atoms. The third kappa shape index (κ3) is 5.81. The molecule has 0 aliphatic heterocycles. The van der Waals surface area contributed by atoms with Crippen LogP contribution < -0.4 is 10.1 Å². The van der Waals surface area contributed by atoms with Gasteiger partial charge >= 0.3 is 5.97 Å². The molecule has 7 heteroatoms. The second-order valence-electron chi connectivity index (χ2n) is 6.37. The molecule has 2 aromatic carbocycles. The SMILES string of the molecule is CCN(CC)C(=O)c1cccc(NC(=O)COC(=O)c2ccc(C)c(OC)c2)c1. The van der Waals surface area contributed by atoms with Gasteiger partial charge in [-0.1, -0.05) is 12.1 Å². The third-order valence-electron chi connectivity index (χ3n) is 4.42. The van der Waals surface area contributed by atoms with Crippen molar-refractivity contribution in [2.24, 2.45) is 0 Å². The number of anilines is 1. The van der Waals surface area contributed by atoms with Crippen LogP contribution in [-0.2, 0) is 9.53 Å². The Kier molecular flexibility index (Phi) is 7.77. The highest BCUT2D eigenvalue weighted by molar-refractivity contribution is 5.98. The minimum atomic E-state index is -0.621. The smallest absolute Gasteiger partial charge is 0.338 e. The number of rotatable bonds is 8. The lowest BCUT2D eigenvalue weighted by atomic mass is 10.1. The lowest BCUT2D eigenvalue weighted by Crippen LogP contribution is -2.30. The Labute approximate surface area is 170 Å². The molecule has 0 heterocycles. The maximum absolute atomic E-state index is 12.4. The molecule has 0 unspecified atom stereocenters. The zero-order valence-electron chi connectivity index (χ0n) is 17.2. The molecule has 7 nitrogen and oxygen atoms in total. The van der Waals surface area contributed by atoms with Crippen molar-refractivity contribution in [3.8, 4) is 5.75 Å². The summed E-state index contributed by atoms with van der Waals surface area (Å²) in [5.74, 6) is -0.654. The van der Waals surface area contributed by atoms with Crippen LogP contribution in [0.25, 0.3) is 0 Å². The van der Waals surface area contributed by atoms with E-state index in [4.69, 9.17) is 9.47 Å². The predicted octanol–water partition coefficient (Wildman–Crippen LogP) is 3.28. The topological polar surface area (TPSA) is 84.9 Å². The van der Waals surface area contributed by atoms with Crippen LogP contribution in [0, 0.1) is 6.92 Å². The van der Waals surface area contributed by atoms with Gasteiger partial charge in [0.05, 0.1) is 12.7 Å². The van der Waals surface area contributed by atoms with E-state index in [2.05, 4.69) is 5.32 Å². The number of hydrogen-bond donors (Lipinski definition) is 1. The van der Waals surface area contributed by atoms with Crippen LogP contribution in [0.2, 0.25) is 0 Å². The standard InChI is InChI=1S/C22H26N2O5/c1-5-24(6-2)21(26)16-8-7-9-18(12-16)23-20(25)14-29-22(27)17-11-10-15(3)19(13-17)28-4/h7-13H,5-6,14H2,1-4H3,(H,23,25). The molecule has 2 aromatic rings. The van der Waals surface area contributed by atoms with Gasteiger partial charge in [0.25, 0.3) is 11.8 Å². The fraction of sp³-hybridized carbons (Fsp3) is 0.318. The maximum atomic E-state index is 12.4. The van der Waals surface area contributed by atoms with Crippen molar-refractivity contribution >= 4 is 23.5 Å².